The second kappa shape index (κ2) is 7.23. The Labute approximate surface area is 210 Å². The van der Waals surface area contributed by atoms with Crippen molar-refractivity contribution >= 4 is 75.8 Å². The molecule has 3 heterocycles. The molecule has 4 heteroatoms. The Hall–Kier alpha value is -4.54. The Bertz CT molecular complexity index is 2100. The van der Waals surface area contributed by atoms with E-state index < -0.39 is 0 Å². The number of aliphatic imine (C=N–C) groups is 1. The third-order valence-electron chi connectivity index (χ3n) is 7.19. The van der Waals surface area contributed by atoms with Gasteiger partial charge in [0.2, 0.25) is 0 Å². The van der Waals surface area contributed by atoms with Crippen molar-refractivity contribution in [1.82, 2.24) is 4.40 Å². The van der Waals surface area contributed by atoms with E-state index in [2.05, 4.69) is 89.5 Å². The lowest BCUT2D eigenvalue weighted by Crippen LogP contribution is -2.08. The molecule has 4 aromatic carbocycles. The number of para-hydroxylation sites is 1. The van der Waals surface area contributed by atoms with E-state index >= 15 is 0 Å². The first-order valence-corrected chi connectivity index (χ1v) is 12.8. The first kappa shape index (κ1) is 19.7. The number of fused-ring (bicyclic) bond motifs is 7. The fourth-order valence-electron chi connectivity index (χ4n) is 5.64. The van der Waals surface area contributed by atoms with Gasteiger partial charge in [-0.1, -0.05) is 78.9 Å². The molecule has 1 aliphatic rings. The van der Waals surface area contributed by atoms with E-state index in [4.69, 9.17) is 10.4 Å². The Morgan fingerprint density at radius 3 is 2.44 bits per heavy atom. The number of nitrogens with zero attached hydrogens (tertiary/aromatic N) is 2. The van der Waals surface area contributed by atoms with Crippen LogP contribution in [0.25, 0.3) is 58.5 Å². The molecule has 0 unspecified atom stereocenters. The number of thiophene rings is 1. The van der Waals surface area contributed by atoms with Crippen LogP contribution in [-0.4, -0.2) is 15.8 Å². The van der Waals surface area contributed by atoms with Gasteiger partial charge in [-0.25, -0.2) is 4.99 Å². The van der Waals surface area contributed by atoms with E-state index in [1.54, 1.807) is 6.08 Å². The van der Waals surface area contributed by atoms with Gasteiger partial charge in [0.15, 0.2) is 0 Å². The average Bonchev–Trinajstić information content (AvgIpc) is 3.57. The largest absolute Gasteiger partial charge is 0.313 e. The lowest BCUT2D eigenvalue weighted by atomic mass is 10.00. The molecule has 0 aliphatic heterocycles. The van der Waals surface area contributed by atoms with E-state index in [9.17, 15) is 0 Å². The molecule has 0 bridgehead atoms. The molecule has 0 amide bonds. The predicted octanol–water partition coefficient (Wildman–Crippen LogP) is 8.94. The molecule has 8 rings (SSSR count). The third kappa shape index (κ3) is 2.62. The monoisotopic (exact) mass is 477 g/mol. The summed E-state index contributed by atoms with van der Waals surface area (Å²) in [5.41, 5.74) is 6.92. The van der Waals surface area contributed by atoms with Crippen molar-refractivity contribution in [2.24, 2.45) is 4.99 Å². The van der Waals surface area contributed by atoms with Crippen LogP contribution in [0.4, 0.5) is 5.69 Å². The van der Waals surface area contributed by atoms with Crippen molar-refractivity contribution in [2.75, 3.05) is 0 Å². The van der Waals surface area contributed by atoms with Gasteiger partial charge in [-0.3, -0.25) is 5.41 Å². The van der Waals surface area contributed by atoms with E-state index in [0.29, 0.717) is 11.4 Å². The van der Waals surface area contributed by atoms with Gasteiger partial charge in [-0.15, -0.1) is 11.3 Å². The number of allylic oxidation sites excluding steroid dienone is 4. The summed E-state index contributed by atoms with van der Waals surface area (Å²) in [4.78, 5) is 5.05. The van der Waals surface area contributed by atoms with E-state index in [1.165, 1.54) is 58.5 Å². The van der Waals surface area contributed by atoms with Crippen LogP contribution in [0.5, 0.6) is 0 Å². The highest BCUT2D eigenvalue weighted by molar-refractivity contribution is 7.26. The Kier molecular flexibility index (Phi) is 3.96. The molecule has 0 radical (unpaired) electrons. The summed E-state index contributed by atoms with van der Waals surface area (Å²) in [5, 5.41) is 14.6. The number of aromatic nitrogens is 1. The molecule has 0 atom stereocenters. The van der Waals surface area contributed by atoms with E-state index in [0.717, 1.165) is 5.69 Å². The van der Waals surface area contributed by atoms with Crippen LogP contribution >= 0.6 is 11.3 Å². The van der Waals surface area contributed by atoms with Crippen molar-refractivity contribution < 1.29 is 0 Å². The second-order valence-electron chi connectivity index (χ2n) is 9.20. The molecule has 1 aliphatic carbocycles. The quantitative estimate of drug-likeness (QED) is 0.242. The molecule has 0 saturated carbocycles. The van der Waals surface area contributed by atoms with Gasteiger partial charge >= 0.3 is 0 Å². The normalized spacial score (nSPS) is 15.1. The van der Waals surface area contributed by atoms with Crippen LogP contribution in [0, 0.1) is 5.41 Å². The maximum Gasteiger partial charge on any atom is 0.0904 e. The van der Waals surface area contributed by atoms with E-state index in [-0.39, 0.29) is 0 Å². The van der Waals surface area contributed by atoms with Crippen LogP contribution in [0.15, 0.2) is 114 Å². The molecule has 168 valence electrons. The minimum absolute atomic E-state index is 0.435. The molecule has 36 heavy (non-hydrogen) atoms. The number of benzene rings is 4. The zero-order chi connectivity index (χ0) is 23.8. The van der Waals surface area contributed by atoms with Gasteiger partial charge in [0.1, 0.15) is 0 Å². The fraction of sp³-hybridized carbons (Fsp3) is 0. The van der Waals surface area contributed by atoms with Gasteiger partial charge in [0.05, 0.1) is 28.1 Å². The van der Waals surface area contributed by atoms with E-state index in [1.807, 2.05) is 29.6 Å². The SMILES string of the molecule is N=C1C=CC=C/C1=N/c1cn2c3ccccc3c3cc4sc5c(-c6ccccc6)cccc5c4c1c32. The third-order valence-corrected chi connectivity index (χ3v) is 8.38. The number of hydrogen-bond donors (Lipinski definition) is 1. The number of rotatable bonds is 2. The Morgan fingerprint density at radius 1 is 0.750 bits per heavy atom. The van der Waals surface area contributed by atoms with Gasteiger partial charge in [0, 0.05) is 42.5 Å². The van der Waals surface area contributed by atoms with Crippen LogP contribution in [-0.2, 0) is 0 Å². The molecule has 7 aromatic rings. The van der Waals surface area contributed by atoms with Crippen LogP contribution in [0.3, 0.4) is 0 Å². The van der Waals surface area contributed by atoms with Crippen molar-refractivity contribution in [3.8, 4) is 11.1 Å². The van der Waals surface area contributed by atoms with Gasteiger partial charge in [-0.05, 0) is 35.4 Å². The standard InChI is InChI=1S/C32H19N3S/c33-24-14-5-6-15-25(24)34-26-18-35-27-16-7-4-11-21(27)23-17-28-29(30(26)31(23)35)22-13-8-12-20(32(22)36-28)19-9-2-1-3-10-19/h1-18,33H/b33-24?,34-25-. The van der Waals surface area contributed by atoms with Gasteiger partial charge in [-0.2, -0.15) is 0 Å². The van der Waals surface area contributed by atoms with Gasteiger partial charge in [0.25, 0.3) is 0 Å². The summed E-state index contributed by atoms with van der Waals surface area (Å²) >= 11 is 1.86. The lowest BCUT2D eigenvalue weighted by Gasteiger charge is -2.05. The summed E-state index contributed by atoms with van der Waals surface area (Å²) in [6, 6.07) is 28.2. The summed E-state index contributed by atoms with van der Waals surface area (Å²) in [7, 11) is 0. The van der Waals surface area contributed by atoms with Crippen molar-refractivity contribution in [1.29, 1.82) is 5.41 Å². The minimum atomic E-state index is 0.435. The maximum atomic E-state index is 8.40. The molecule has 0 fully saturated rings. The molecule has 1 N–H and O–H groups in total. The highest BCUT2D eigenvalue weighted by Crippen LogP contribution is 2.49. The molecule has 3 aromatic heterocycles. The van der Waals surface area contributed by atoms with Crippen molar-refractivity contribution in [3.63, 3.8) is 0 Å². The van der Waals surface area contributed by atoms with Crippen LogP contribution in [0.2, 0.25) is 0 Å². The van der Waals surface area contributed by atoms with Crippen molar-refractivity contribution in [3.05, 3.63) is 109 Å². The lowest BCUT2D eigenvalue weighted by molar-refractivity contribution is 1.30. The first-order valence-electron chi connectivity index (χ1n) is 12.0. The number of nitrogens with one attached hydrogen (secondary N) is 1. The summed E-state index contributed by atoms with van der Waals surface area (Å²) in [5.74, 6) is 0. The zero-order valence-electron chi connectivity index (χ0n) is 19.2. The predicted molar refractivity (Wildman–Crippen MR) is 155 cm³/mol. The highest BCUT2D eigenvalue weighted by Gasteiger charge is 2.22. The second-order valence-corrected chi connectivity index (χ2v) is 10.3. The molecular formula is C32H19N3S. The molecule has 0 saturated heterocycles. The van der Waals surface area contributed by atoms with Gasteiger partial charge < -0.3 is 4.40 Å². The maximum absolute atomic E-state index is 8.40. The summed E-state index contributed by atoms with van der Waals surface area (Å²) < 4.78 is 4.85. The molecule has 3 nitrogen and oxygen atoms in total. The fourth-order valence-corrected chi connectivity index (χ4v) is 6.92. The number of hydrogen-bond acceptors (Lipinski definition) is 3. The Morgan fingerprint density at radius 2 is 1.56 bits per heavy atom. The van der Waals surface area contributed by atoms with Crippen LogP contribution in [0.1, 0.15) is 0 Å². The average molecular weight is 478 g/mol. The summed E-state index contributed by atoms with van der Waals surface area (Å²) in [6.07, 6.45) is 9.70. The highest BCUT2D eigenvalue weighted by atomic mass is 32.1. The van der Waals surface area contributed by atoms with Crippen molar-refractivity contribution in [2.45, 2.75) is 0 Å². The zero-order valence-corrected chi connectivity index (χ0v) is 20.0. The topological polar surface area (TPSA) is 40.6 Å². The Balaban J connectivity index is 1.56. The molecular weight excluding hydrogens is 458 g/mol. The van der Waals surface area contributed by atoms with Crippen LogP contribution < -0.4 is 0 Å². The molecule has 0 spiro atoms. The summed E-state index contributed by atoms with van der Waals surface area (Å²) in [6.45, 7) is 0. The smallest absolute Gasteiger partial charge is 0.0904 e. The first-order chi connectivity index (χ1) is 17.8. The minimum Gasteiger partial charge on any atom is -0.313 e.